The molecule has 2 aliphatic rings. The van der Waals surface area contributed by atoms with E-state index in [1.54, 1.807) is 17.0 Å². The first-order valence-corrected chi connectivity index (χ1v) is 14.2. The van der Waals surface area contributed by atoms with Gasteiger partial charge in [-0.25, -0.2) is 9.78 Å². The van der Waals surface area contributed by atoms with Crippen LogP contribution in [0.5, 0.6) is 5.88 Å². The molecule has 1 aromatic carbocycles. The molecule has 0 saturated carbocycles. The SMILES string of the molecule is Cc1cccc(CCN2CCN(C(=O)Oc3ccc(NC(=O)c4ccc(CN5CCCCC5)cc4)cn3)CC2)n1. The molecular weight excluding hydrogens is 504 g/mol. The number of nitrogens with zero attached hydrogens (tertiary/aromatic N) is 5. The summed E-state index contributed by atoms with van der Waals surface area (Å²) in [6.45, 7) is 8.91. The summed E-state index contributed by atoms with van der Waals surface area (Å²) >= 11 is 0. The van der Waals surface area contributed by atoms with Crippen molar-refractivity contribution in [2.45, 2.75) is 39.2 Å². The van der Waals surface area contributed by atoms with E-state index in [1.165, 1.54) is 31.0 Å². The molecule has 0 spiro atoms. The summed E-state index contributed by atoms with van der Waals surface area (Å²) in [6.07, 6.45) is 5.83. The van der Waals surface area contributed by atoms with Crippen molar-refractivity contribution in [3.8, 4) is 5.88 Å². The maximum Gasteiger partial charge on any atom is 0.416 e. The van der Waals surface area contributed by atoms with Gasteiger partial charge in [0.2, 0.25) is 5.88 Å². The van der Waals surface area contributed by atoms with E-state index < -0.39 is 6.09 Å². The number of pyridine rings is 2. The molecule has 0 aliphatic carbocycles. The van der Waals surface area contributed by atoms with E-state index in [0.717, 1.165) is 57.1 Å². The maximum atomic E-state index is 12.7. The molecule has 2 saturated heterocycles. The van der Waals surface area contributed by atoms with Crippen LogP contribution in [0.1, 0.15) is 46.6 Å². The van der Waals surface area contributed by atoms with E-state index in [4.69, 9.17) is 4.74 Å². The van der Waals surface area contributed by atoms with Crippen molar-refractivity contribution in [3.05, 3.63) is 83.3 Å². The minimum absolute atomic E-state index is 0.202. The van der Waals surface area contributed by atoms with Crippen LogP contribution in [0.15, 0.2) is 60.8 Å². The number of piperidine rings is 1. The highest BCUT2D eigenvalue weighted by molar-refractivity contribution is 6.04. The number of carbonyl (C=O) groups excluding carboxylic acids is 2. The van der Waals surface area contributed by atoms with E-state index in [2.05, 4.69) is 31.2 Å². The number of hydrogen-bond donors (Lipinski definition) is 1. The Labute approximate surface area is 236 Å². The Bertz CT molecular complexity index is 1270. The normalized spacial score (nSPS) is 16.5. The monoisotopic (exact) mass is 542 g/mol. The van der Waals surface area contributed by atoms with Gasteiger partial charge in [-0.15, -0.1) is 0 Å². The third-order valence-electron chi connectivity index (χ3n) is 7.52. The number of amides is 2. The zero-order valence-corrected chi connectivity index (χ0v) is 23.2. The molecule has 2 fully saturated rings. The number of carbonyl (C=O) groups is 2. The number of anilines is 1. The van der Waals surface area contributed by atoms with Crippen LogP contribution in [-0.4, -0.2) is 82.5 Å². The van der Waals surface area contributed by atoms with Gasteiger partial charge in [-0.1, -0.05) is 24.6 Å². The highest BCUT2D eigenvalue weighted by Crippen LogP contribution is 2.17. The molecule has 2 aliphatic heterocycles. The van der Waals surface area contributed by atoms with Gasteiger partial charge in [0.1, 0.15) is 0 Å². The first-order valence-electron chi connectivity index (χ1n) is 14.2. The molecule has 9 nitrogen and oxygen atoms in total. The minimum atomic E-state index is -0.408. The molecule has 40 heavy (non-hydrogen) atoms. The fourth-order valence-corrected chi connectivity index (χ4v) is 5.17. The lowest BCUT2D eigenvalue weighted by Gasteiger charge is -2.33. The van der Waals surface area contributed by atoms with Gasteiger partial charge in [0, 0.05) is 68.7 Å². The Morgan fingerprint density at radius 2 is 1.65 bits per heavy atom. The topological polar surface area (TPSA) is 90.9 Å². The quantitative estimate of drug-likeness (QED) is 0.452. The molecule has 5 rings (SSSR count). The number of aryl methyl sites for hydroxylation is 1. The lowest BCUT2D eigenvalue weighted by Crippen LogP contribution is -2.50. The van der Waals surface area contributed by atoms with E-state index in [9.17, 15) is 9.59 Å². The van der Waals surface area contributed by atoms with E-state index in [-0.39, 0.29) is 11.8 Å². The molecule has 0 bridgehead atoms. The van der Waals surface area contributed by atoms with Gasteiger partial charge in [-0.3, -0.25) is 19.6 Å². The second-order valence-corrected chi connectivity index (χ2v) is 10.6. The van der Waals surface area contributed by atoms with Crippen LogP contribution in [0.3, 0.4) is 0 Å². The largest absolute Gasteiger partial charge is 0.416 e. The molecule has 2 aromatic heterocycles. The van der Waals surface area contributed by atoms with Crippen molar-refractivity contribution in [3.63, 3.8) is 0 Å². The Kier molecular flexibility index (Phi) is 9.36. The number of nitrogens with one attached hydrogen (secondary N) is 1. The average molecular weight is 543 g/mol. The number of ether oxygens (including phenoxy) is 1. The molecule has 210 valence electrons. The molecule has 0 radical (unpaired) electrons. The first-order chi connectivity index (χ1) is 19.5. The van der Waals surface area contributed by atoms with Gasteiger partial charge < -0.3 is 15.0 Å². The van der Waals surface area contributed by atoms with Crippen molar-refractivity contribution in [2.24, 2.45) is 0 Å². The predicted octanol–water partition coefficient (Wildman–Crippen LogP) is 4.38. The highest BCUT2D eigenvalue weighted by Gasteiger charge is 2.23. The standard InChI is InChI=1S/C31H38N6O3/c1-24-6-5-7-27(33-24)14-17-35-18-20-37(21-19-35)31(39)40-29-13-12-28(22-32-29)34-30(38)26-10-8-25(9-11-26)23-36-15-3-2-4-16-36/h5-13,22H,2-4,14-21,23H2,1H3,(H,34,38). The molecule has 9 heteroatoms. The van der Waals surface area contributed by atoms with Crippen LogP contribution in [-0.2, 0) is 13.0 Å². The van der Waals surface area contributed by atoms with Crippen LogP contribution >= 0.6 is 0 Å². The van der Waals surface area contributed by atoms with Crippen LogP contribution < -0.4 is 10.1 Å². The zero-order valence-electron chi connectivity index (χ0n) is 23.2. The van der Waals surface area contributed by atoms with Gasteiger partial charge >= 0.3 is 6.09 Å². The molecule has 0 unspecified atom stereocenters. The van der Waals surface area contributed by atoms with Crippen LogP contribution in [0.4, 0.5) is 10.5 Å². The molecule has 0 atom stereocenters. The number of hydrogen-bond acceptors (Lipinski definition) is 7. The Balaban J connectivity index is 1.04. The third kappa shape index (κ3) is 7.86. The lowest BCUT2D eigenvalue weighted by atomic mass is 10.1. The average Bonchev–Trinajstić information content (AvgIpc) is 2.98. The van der Waals surface area contributed by atoms with Crippen molar-refractivity contribution in [1.29, 1.82) is 0 Å². The molecule has 2 amide bonds. The van der Waals surface area contributed by atoms with Gasteiger partial charge in [-0.2, -0.15) is 0 Å². The summed E-state index contributed by atoms with van der Waals surface area (Å²) in [5.74, 6) is 0.00475. The summed E-state index contributed by atoms with van der Waals surface area (Å²) in [5, 5.41) is 2.86. The number of benzene rings is 1. The summed E-state index contributed by atoms with van der Waals surface area (Å²) in [6, 6.07) is 17.1. The van der Waals surface area contributed by atoms with Crippen LogP contribution in [0.25, 0.3) is 0 Å². The number of rotatable bonds is 8. The van der Waals surface area contributed by atoms with Gasteiger partial charge in [0.25, 0.3) is 5.91 Å². The smallest absolute Gasteiger partial charge is 0.391 e. The molecular formula is C31H38N6O3. The highest BCUT2D eigenvalue weighted by atomic mass is 16.6. The Morgan fingerprint density at radius 1 is 0.875 bits per heavy atom. The number of aromatic nitrogens is 2. The molecule has 1 N–H and O–H groups in total. The number of likely N-dealkylation sites (tertiary alicyclic amines) is 1. The summed E-state index contributed by atoms with van der Waals surface area (Å²) < 4.78 is 5.48. The summed E-state index contributed by atoms with van der Waals surface area (Å²) in [7, 11) is 0. The van der Waals surface area contributed by atoms with Crippen molar-refractivity contribution in [2.75, 3.05) is 51.1 Å². The van der Waals surface area contributed by atoms with E-state index in [1.807, 2.05) is 43.3 Å². The van der Waals surface area contributed by atoms with E-state index in [0.29, 0.717) is 24.3 Å². The Hall–Kier alpha value is -3.82. The minimum Gasteiger partial charge on any atom is -0.391 e. The van der Waals surface area contributed by atoms with Crippen LogP contribution in [0, 0.1) is 6.92 Å². The second-order valence-electron chi connectivity index (χ2n) is 10.6. The first kappa shape index (κ1) is 27.7. The second kappa shape index (κ2) is 13.5. The third-order valence-corrected chi connectivity index (χ3v) is 7.52. The maximum absolute atomic E-state index is 12.7. The van der Waals surface area contributed by atoms with Crippen molar-refractivity contribution < 1.29 is 14.3 Å². The zero-order chi connectivity index (χ0) is 27.7. The fraction of sp³-hybridized carbons (Fsp3) is 0.419. The van der Waals surface area contributed by atoms with Gasteiger partial charge in [0.05, 0.1) is 11.9 Å². The fourth-order valence-electron chi connectivity index (χ4n) is 5.17. The number of piperazine rings is 1. The van der Waals surface area contributed by atoms with Crippen LogP contribution in [0.2, 0.25) is 0 Å². The predicted molar refractivity (Wildman–Crippen MR) is 154 cm³/mol. The van der Waals surface area contributed by atoms with E-state index >= 15 is 0 Å². The molecule has 4 heterocycles. The Morgan fingerprint density at radius 3 is 2.35 bits per heavy atom. The summed E-state index contributed by atoms with van der Waals surface area (Å²) in [5.41, 5.74) is 4.47. The van der Waals surface area contributed by atoms with Gasteiger partial charge in [-0.05, 0) is 68.8 Å². The lowest BCUT2D eigenvalue weighted by molar-refractivity contribution is 0.102. The van der Waals surface area contributed by atoms with Crippen molar-refractivity contribution in [1.82, 2.24) is 24.7 Å². The summed E-state index contributed by atoms with van der Waals surface area (Å²) in [4.78, 5) is 40.6. The van der Waals surface area contributed by atoms with Crippen molar-refractivity contribution >= 4 is 17.7 Å². The molecule has 3 aromatic rings. The van der Waals surface area contributed by atoms with Gasteiger partial charge in [0.15, 0.2) is 0 Å².